The average Bonchev–Trinajstić information content (AvgIpc) is 3.21. The van der Waals surface area contributed by atoms with Gasteiger partial charge in [0.1, 0.15) is 17.3 Å². The van der Waals surface area contributed by atoms with Crippen molar-refractivity contribution in [3.05, 3.63) is 58.6 Å². The highest BCUT2D eigenvalue weighted by atomic mass is 35.5. The van der Waals surface area contributed by atoms with Crippen molar-refractivity contribution in [3.63, 3.8) is 0 Å². The molecule has 1 aliphatic rings. The van der Waals surface area contributed by atoms with E-state index in [1.54, 1.807) is 0 Å². The van der Waals surface area contributed by atoms with Crippen molar-refractivity contribution >= 4 is 27.5 Å². The number of benzene rings is 2. The molecule has 1 saturated heterocycles. The third-order valence-electron chi connectivity index (χ3n) is 4.52. The third kappa shape index (κ3) is 4.84. The fraction of sp³-hybridized carbons (Fsp3) is 0.350. The van der Waals surface area contributed by atoms with Crippen LogP contribution in [0.25, 0.3) is 0 Å². The zero-order valence-corrected chi connectivity index (χ0v) is 17.2. The smallest absolute Gasteiger partial charge is 0.251 e. The van der Waals surface area contributed by atoms with E-state index < -0.39 is 10.0 Å². The van der Waals surface area contributed by atoms with Crippen LogP contribution in [0.15, 0.2) is 47.4 Å². The number of halogens is 1. The Bertz CT molecular complexity index is 956. The zero-order valence-electron chi connectivity index (χ0n) is 15.7. The molecule has 0 spiro atoms. The van der Waals surface area contributed by atoms with Gasteiger partial charge in [-0.2, -0.15) is 4.31 Å². The van der Waals surface area contributed by atoms with Gasteiger partial charge in [0.2, 0.25) is 10.0 Å². The Morgan fingerprint density at radius 3 is 2.64 bits per heavy atom. The van der Waals surface area contributed by atoms with Crippen molar-refractivity contribution in [1.29, 1.82) is 0 Å². The number of nitrogens with one attached hydrogen (secondary N) is 1. The van der Waals surface area contributed by atoms with Gasteiger partial charge in [-0.05, 0) is 55.7 Å². The van der Waals surface area contributed by atoms with Crippen LogP contribution in [-0.4, -0.2) is 44.9 Å². The number of hydrogen-bond acceptors (Lipinski definition) is 4. The molecule has 0 aliphatic carbocycles. The van der Waals surface area contributed by atoms with Crippen LogP contribution in [0.5, 0.6) is 5.75 Å². The highest BCUT2D eigenvalue weighted by molar-refractivity contribution is 7.89. The van der Waals surface area contributed by atoms with Crippen LogP contribution in [0, 0.1) is 6.92 Å². The molecule has 1 amide bonds. The maximum atomic E-state index is 12.8. The van der Waals surface area contributed by atoms with Gasteiger partial charge in [-0.1, -0.05) is 23.7 Å². The molecule has 0 radical (unpaired) electrons. The maximum absolute atomic E-state index is 12.8. The largest absolute Gasteiger partial charge is 0.492 e. The Labute approximate surface area is 170 Å². The molecule has 1 fully saturated rings. The van der Waals surface area contributed by atoms with E-state index in [1.807, 2.05) is 31.2 Å². The number of rotatable bonds is 7. The van der Waals surface area contributed by atoms with Gasteiger partial charge in [-0.3, -0.25) is 4.79 Å². The maximum Gasteiger partial charge on any atom is 0.251 e. The number of amides is 1. The lowest BCUT2D eigenvalue weighted by atomic mass is 10.2. The first-order valence-corrected chi connectivity index (χ1v) is 11.0. The van der Waals surface area contributed by atoms with E-state index in [0.29, 0.717) is 26.2 Å². The van der Waals surface area contributed by atoms with Crippen molar-refractivity contribution in [1.82, 2.24) is 9.62 Å². The number of aryl methyl sites for hydroxylation is 1. The molecule has 0 bridgehead atoms. The number of sulfonamides is 1. The Hall–Kier alpha value is -2.09. The Kier molecular flexibility index (Phi) is 6.59. The fourth-order valence-electron chi connectivity index (χ4n) is 3.05. The van der Waals surface area contributed by atoms with Gasteiger partial charge in [0.15, 0.2) is 0 Å². The van der Waals surface area contributed by atoms with Gasteiger partial charge in [0.25, 0.3) is 5.91 Å². The summed E-state index contributed by atoms with van der Waals surface area (Å²) in [5.74, 6) is 0.363. The van der Waals surface area contributed by atoms with E-state index in [4.69, 9.17) is 16.3 Å². The summed E-state index contributed by atoms with van der Waals surface area (Å²) in [6.45, 7) is 3.53. The van der Waals surface area contributed by atoms with E-state index in [1.165, 1.54) is 22.5 Å². The zero-order chi connectivity index (χ0) is 20.1. The molecular weight excluding hydrogens is 400 g/mol. The fourth-order valence-corrected chi connectivity index (χ4v) is 5.07. The lowest BCUT2D eigenvalue weighted by Gasteiger charge is -2.17. The van der Waals surface area contributed by atoms with Gasteiger partial charge in [-0.15, -0.1) is 0 Å². The molecule has 150 valence electrons. The molecule has 1 aliphatic heterocycles. The Balaban J connectivity index is 1.62. The summed E-state index contributed by atoms with van der Waals surface area (Å²) in [7, 11) is -3.69. The minimum Gasteiger partial charge on any atom is -0.492 e. The molecule has 3 rings (SSSR count). The molecule has 8 heteroatoms. The number of carbonyl (C=O) groups is 1. The molecular formula is C20H23ClN2O4S. The monoisotopic (exact) mass is 422 g/mol. The first-order chi connectivity index (χ1) is 13.4. The molecule has 1 heterocycles. The van der Waals surface area contributed by atoms with Crippen LogP contribution < -0.4 is 10.1 Å². The highest BCUT2D eigenvalue weighted by Gasteiger charge is 2.29. The number of hydrogen-bond donors (Lipinski definition) is 1. The standard InChI is InChI=1S/C20H23ClN2O4S/c1-15-5-4-6-17(13-15)27-12-9-22-20(24)16-7-8-18(21)19(14-16)28(25,26)23-10-2-3-11-23/h4-8,13-14H,2-3,9-12H2,1H3,(H,22,24). The molecule has 6 nitrogen and oxygen atoms in total. The van der Waals surface area contributed by atoms with Crippen LogP contribution in [0.2, 0.25) is 5.02 Å². The van der Waals surface area contributed by atoms with Gasteiger partial charge in [0, 0.05) is 18.7 Å². The van der Waals surface area contributed by atoms with E-state index >= 15 is 0 Å². The number of nitrogens with zero attached hydrogens (tertiary/aromatic N) is 1. The molecule has 0 atom stereocenters. The molecule has 0 aromatic heterocycles. The third-order valence-corrected chi connectivity index (χ3v) is 6.90. The number of ether oxygens (including phenoxy) is 1. The normalized spacial score (nSPS) is 14.8. The highest BCUT2D eigenvalue weighted by Crippen LogP contribution is 2.28. The van der Waals surface area contributed by atoms with Crippen molar-refractivity contribution in [3.8, 4) is 5.75 Å². The molecule has 2 aromatic carbocycles. The summed E-state index contributed by atoms with van der Waals surface area (Å²) in [5, 5.41) is 2.85. The summed E-state index contributed by atoms with van der Waals surface area (Å²) in [6, 6.07) is 11.9. The molecule has 28 heavy (non-hydrogen) atoms. The average molecular weight is 423 g/mol. The van der Waals surface area contributed by atoms with E-state index in [0.717, 1.165) is 24.2 Å². The molecule has 0 unspecified atom stereocenters. The lowest BCUT2D eigenvalue weighted by Crippen LogP contribution is -2.30. The Morgan fingerprint density at radius 2 is 1.93 bits per heavy atom. The topological polar surface area (TPSA) is 75.7 Å². The second-order valence-corrected chi connectivity index (χ2v) is 8.99. The second kappa shape index (κ2) is 8.94. The molecule has 1 N–H and O–H groups in total. The van der Waals surface area contributed by atoms with Crippen LogP contribution >= 0.6 is 11.6 Å². The summed E-state index contributed by atoms with van der Waals surface area (Å²) in [4.78, 5) is 12.4. The quantitative estimate of drug-likeness (QED) is 0.695. The van der Waals surface area contributed by atoms with Gasteiger partial charge in [0.05, 0.1) is 11.6 Å². The lowest BCUT2D eigenvalue weighted by molar-refractivity contribution is 0.0947. The summed E-state index contributed by atoms with van der Waals surface area (Å²) in [6.07, 6.45) is 1.66. The predicted molar refractivity (Wildman–Crippen MR) is 108 cm³/mol. The van der Waals surface area contributed by atoms with Crippen LogP contribution in [0.3, 0.4) is 0 Å². The first-order valence-electron chi connectivity index (χ1n) is 9.15. The predicted octanol–water partition coefficient (Wildman–Crippen LogP) is 3.24. The van der Waals surface area contributed by atoms with E-state index in [-0.39, 0.29) is 21.4 Å². The van der Waals surface area contributed by atoms with Crippen LogP contribution in [0.4, 0.5) is 0 Å². The molecule has 0 saturated carbocycles. The summed E-state index contributed by atoms with van der Waals surface area (Å²) < 4.78 is 32.5. The van der Waals surface area contributed by atoms with Crippen LogP contribution in [0.1, 0.15) is 28.8 Å². The van der Waals surface area contributed by atoms with Crippen molar-refractivity contribution in [2.24, 2.45) is 0 Å². The van der Waals surface area contributed by atoms with E-state index in [9.17, 15) is 13.2 Å². The van der Waals surface area contributed by atoms with Crippen LogP contribution in [-0.2, 0) is 10.0 Å². The van der Waals surface area contributed by atoms with Crippen molar-refractivity contribution in [2.75, 3.05) is 26.2 Å². The van der Waals surface area contributed by atoms with Gasteiger partial charge in [-0.25, -0.2) is 8.42 Å². The van der Waals surface area contributed by atoms with Crippen molar-refractivity contribution in [2.45, 2.75) is 24.7 Å². The van der Waals surface area contributed by atoms with E-state index in [2.05, 4.69) is 5.32 Å². The summed E-state index contributed by atoms with van der Waals surface area (Å²) in [5.41, 5.74) is 1.34. The Morgan fingerprint density at radius 1 is 1.18 bits per heavy atom. The first kappa shape index (κ1) is 20.6. The second-order valence-electron chi connectivity index (χ2n) is 6.68. The number of carbonyl (C=O) groups excluding carboxylic acids is 1. The minimum atomic E-state index is -3.69. The van der Waals surface area contributed by atoms with Gasteiger partial charge >= 0.3 is 0 Å². The minimum absolute atomic E-state index is 0.0280. The molecule has 2 aromatic rings. The SMILES string of the molecule is Cc1cccc(OCCNC(=O)c2ccc(Cl)c(S(=O)(=O)N3CCCC3)c2)c1. The van der Waals surface area contributed by atoms with Crippen molar-refractivity contribution < 1.29 is 17.9 Å². The van der Waals surface area contributed by atoms with Gasteiger partial charge < -0.3 is 10.1 Å². The summed E-state index contributed by atoms with van der Waals surface area (Å²) >= 11 is 6.11.